The molecule has 1 aromatic carbocycles. The molecule has 0 bridgehead atoms. The Labute approximate surface area is 169 Å². The minimum atomic E-state index is 0.531. The third kappa shape index (κ3) is 4.00. The van der Waals surface area contributed by atoms with Crippen molar-refractivity contribution in [2.24, 2.45) is 0 Å². The summed E-state index contributed by atoms with van der Waals surface area (Å²) in [6.45, 7) is 0. The van der Waals surface area contributed by atoms with Crippen LogP contribution in [0.1, 0.15) is 5.89 Å². The molecule has 28 heavy (non-hydrogen) atoms. The summed E-state index contributed by atoms with van der Waals surface area (Å²) >= 11 is 3.07. The molecule has 0 aliphatic heterocycles. The highest BCUT2D eigenvalue weighted by Crippen LogP contribution is 2.32. The zero-order chi connectivity index (χ0) is 19.3. The van der Waals surface area contributed by atoms with Crippen molar-refractivity contribution in [1.29, 1.82) is 0 Å². The average Bonchev–Trinajstić information content (AvgIpc) is 3.44. The normalized spacial score (nSPS) is 10.8. The van der Waals surface area contributed by atoms with Crippen LogP contribution >= 0.6 is 23.1 Å². The fourth-order valence-corrected chi connectivity index (χ4v) is 3.80. The molecule has 0 unspecified atom stereocenters. The minimum Gasteiger partial charge on any atom is -0.493 e. The van der Waals surface area contributed by atoms with Crippen molar-refractivity contribution in [2.45, 2.75) is 10.8 Å². The van der Waals surface area contributed by atoms with E-state index in [0.29, 0.717) is 29.0 Å². The molecule has 4 aromatic rings. The zero-order valence-corrected chi connectivity index (χ0v) is 16.8. The molecule has 0 N–H and O–H groups in total. The molecule has 0 atom stereocenters. The molecule has 0 fully saturated rings. The molecular weight excluding hydrogens is 396 g/mol. The third-order valence-corrected chi connectivity index (χ3v) is 5.64. The Morgan fingerprint density at radius 3 is 2.64 bits per heavy atom. The second-order valence-electron chi connectivity index (χ2n) is 5.60. The maximum atomic E-state index is 5.34. The molecule has 3 heterocycles. The summed E-state index contributed by atoms with van der Waals surface area (Å²) in [6.07, 6.45) is 0. The molecule has 0 aliphatic rings. The summed E-state index contributed by atoms with van der Waals surface area (Å²) in [7, 11) is 3.21. The molecule has 0 saturated carbocycles. The van der Waals surface area contributed by atoms with Crippen molar-refractivity contribution in [2.75, 3.05) is 14.2 Å². The van der Waals surface area contributed by atoms with Gasteiger partial charge in [0.15, 0.2) is 11.5 Å². The van der Waals surface area contributed by atoms with E-state index < -0.39 is 0 Å². The lowest BCUT2D eigenvalue weighted by Crippen LogP contribution is -1.93. The van der Waals surface area contributed by atoms with Gasteiger partial charge in [-0.15, -0.1) is 21.5 Å². The van der Waals surface area contributed by atoms with E-state index in [9.17, 15) is 0 Å². The Bertz CT molecular complexity index is 1050. The first-order chi connectivity index (χ1) is 13.8. The van der Waals surface area contributed by atoms with E-state index in [1.807, 2.05) is 47.8 Å². The minimum absolute atomic E-state index is 0.531. The van der Waals surface area contributed by atoms with Gasteiger partial charge in [-0.2, -0.15) is 4.98 Å². The van der Waals surface area contributed by atoms with Crippen LogP contribution in [0.5, 0.6) is 11.5 Å². The average molecular weight is 412 g/mol. The number of thiophene rings is 1. The lowest BCUT2D eigenvalue weighted by Gasteiger charge is -2.09. The summed E-state index contributed by atoms with van der Waals surface area (Å²) in [5.74, 6) is 3.02. The molecule has 0 aliphatic carbocycles. The van der Waals surface area contributed by atoms with Gasteiger partial charge in [0, 0.05) is 5.56 Å². The summed E-state index contributed by atoms with van der Waals surface area (Å²) in [5.41, 5.74) is 1.65. The molecule has 7 nitrogen and oxygen atoms in total. The van der Waals surface area contributed by atoms with Crippen LogP contribution < -0.4 is 9.47 Å². The number of nitrogens with zero attached hydrogens (tertiary/aromatic N) is 4. The molecule has 4 rings (SSSR count). The number of ether oxygens (including phenoxy) is 2. The topological polar surface area (TPSA) is 83.2 Å². The van der Waals surface area contributed by atoms with Crippen molar-refractivity contribution in [3.8, 4) is 33.5 Å². The van der Waals surface area contributed by atoms with Gasteiger partial charge in [0.05, 0.1) is 30.5 Å². The Morgan fingerprint density at radius 1 is 1.04 bits per heavy atom. The Kier molecular flexibility index (Phi) is 5.54. The van der Waals surface area contributed by atoms with Gasteiger partial charge in [-0.05, 0) is 41.8 Å². The summed E-state index contributed by atoms with van der Waals surface area (Å²) < 4.78 is 15.9. The van der Waals surface area contributed by atoms with E-state index in [2.05, 4.69) is 20.3 Å². The van der Waals surface area contributed by atoms with Crippen LogP contribution in [0, 0.1) is 0 Å². The fraction of sp³-hybridized carbons (Fsp3) is 0.158. The molecular formula is C19H16N4O3S2. The first kappa shape index (κ1) is 18.5. The molecule has 0 spiro atoms. The van der Waals surface area contributed by atoms with Gasteiger partial charge in [0.2, 0.25) is 11.7 Å². The number of benzene rings is 1. The number of rotatable bonds is 7. The Hall–Kier alpha value is -2.91. The van der Waals surface area contributed by atoms with Crippen molar-refractivity contribution in [1.82, 2.24) is 20.3 Å². The second kappa shape index (κ2) is 8.41. The highest BCUT2D eigenvalue weighted by atomic mass is 32.2. The zero-order valence-electron chi connectivity index (χ0n) is 15.2. The number of hydrogen-bond acceptors (Lipinski definition) is 9. The predicted octanol–water partition coefficient (Wildman–Crippen LogP) is 4.56. The van der Waals surface area contributed by atoms with E-state index in [1.54, 1.807) is 25.6 Å². The fourth-order valence-electron chi connectivity index (χ4n) is 2.50. The molecule has 3 aromatic heterocycles. The highest BCUT2D eigenvalue weighted by molar-refractivity contribution is 7.98. The van der Waals surface area contributed by atoms with E-state index in [4.69, 9.17) is 14.0 Å². The van der Waals surface area contributed by atoms with Crippen LogP contribution in [0.15, 0.2) is 57.4 Å². The standard InChI is InChI=1S/C19H16N4O3S2/c1-24-14-7-5-12(10-15(14)25-2)13-6-8-18(22-21-13)28-11-17-20-19(23-26-17)16-4-3-9-27-16/h3-10H,11H2,1-2H3. The van der Waals surface area contributed by atoms with Crippen molar-refractivity contribution < 1.29 is 14.0 Å². The first-order valence-electron chi connectivity index (χ1n) is 8.32. The van der Waals surface area contributed by atoms with Gasteiger partial charge < -0.3 is 14.0 Å². The predicted molar refractivity (Wildman–Crippen MR) is 108 cm³/mol. The van der Waals surface area contributed by atoms with E-state index in [0.717, 1.165) is 21.2 Å². The molecule has 9 heteroatoms. The van der Waals surface area contributed by atoms with Crippen LogP contribution in [0.2, 0.25) is 0 Å². The highest BCUT2D eigenvalue weighted by Gasteiger charge is 2.11. The molecule has 0 saturated heterocycles. The largest absolute Gasteiger partial charge is 0.493 e. The summed E-state index contributed by atoms with van der Waals surface area (Å²) in [5, 5.41) is 15.4. The van der Waals surface area contributed by atoms with Gasteiger partial charge >= 0.3 is 0 Å². The maximum Gasteiger partial charge on any atom is 0.237 e. The summed E-state index contributed by atoms with van der Waals surface area (Å²) in [4.78, 5) is 5.39. The van der Waals surface area contributed by atoms with E-state index >= 15 is 0 Å². The Balaban J connectivity index is 1.42. The molecule has 0 radical (unpaired) electrons. The number of hydrogen-bond donors (Lipinski definition) is 0. The van der Waals surface area contributed by atoms with Crippen LogP contribution in [-0.4, -0.2) is 34.6 Å². The smallest absolute Gasteiger partial charge is 0.237 e. The van der Waals surface area contributed by atoms with Crippen LogP contribution in [0.3, 0.4) is 0 Å². The van der Waals surface area contributed by atoms with E-state index in [1.165, 1.54) is 11.8 Å². The van der Waals surface area contributed by atoms with E-state index in [-0.39, 0.29) is 0 Å². The first-order valence-corrected chi connectivity index (χ1v) is 10.2. The van der Waals surface area contributed by atoms with Gasteiger partial charge in [0.25, 0.3) is 0 Å². The quantitative estimate of drug-likeness (QED) is 0.408. The Morgan fingerprint density at radius 2 is 1.93 bits per heavy atom. The molecule has 0 amide bonds. The number of methoxy groups -OCH3 is 2. The van der Waals surface area contributed by atoms with Crippen LogP contribution in [-0.2, 0) is 5.75 Å². The molecule has 142 valence electrons. The number of thioether (sulfide) groups is 1. The monoisotopic (exact) mass is 412 g/mol. The van der Waals surface area contributed by atoms with Crippen molar-refractivity contribution >= 4 is 23.1 Å². The lowest BCUT2D eigenvalue weighted by molar-refractivity contribution is 0.355. The van der Waals surface area contributed by atoms with Crippen LogP contribution in [0.25, 0.3) is 22.0 Å². The van der Waals surface area contributed by atoms with Crippen molar-refractivity contribution in [3.63, 3.8) is 0 Å². The summed E-state index contributed by atoms with van der Waals surface area (Å²) in [6, 6.07) is 13.4. The van der Waals surface area contributed by atoms with Crippen LogP contribution in [0.4, 0.5) is 0 Å². The lowest BCUT2D eigenvalue weighted by atomic mass is 10.1. The van der Waals surface area contributed by atoms with Gasteiger partial charge in [0.1, 0.15) is 5.03 Å². The SMILES string of the molecule is COc1ccc(-c2ccc(SCc3nc(-c4cccs4)no3)nn2)cc1OC. The number of aromatic nitrogens is 4. The van der Waals surface area contributed by atoms with Gasteiger partial charge in [-0.3, -0.25) is 0 Å². The maximum absolute atomic E-state index is 5.34. The van der Waals surface area contributed by atoms with Gasteiger partial charge in [-0.1, -0.05) is 23.0 Å². The van der Waals surface area contributed by atoms with Gasteiger partial charge in [-0.25, -0.2) is 0 Å². The van der Waals surface area contributed by atoms with Crippen molar-refractivity contribution in [3.05, 3.63) is 53.7 Å². The second-order valence-corrected chi connectivity index (χ2v) is 7.55. The third-order valence-electron chi connectivity index (χ3n) is 3.87.